The fraction of sp³-hybridized carbons (Fsp3) is 0.324. The highest BCUT2D eigenvalue weighted by molar-refractivity contribution is 6.13. The van der Waals surface area contributed by atoms with Crippen LogP contribution in [0.1, 0.15) is 33.3 Å². The number of pyridine rings is 3. The molecule has 11 heteroatoms. The fourth-order valence-electron chi connectivity index (χ4n) is 5.46. The molecular weight excluding hydrogens is 570 g/mol. The lowest BCUT2D eigenvalue weighted by Crippen LogP contribution is -2.50. The molecule has 11 nitrogen and oxygen atoms in total. The Balaban J connectivity index is 1.17. The van der Waals surface area contributed by atoms with Crippen LogP contribution in [0, 0.1) is 0 Å². The van der Waals surface area contributed by atoms with Crippen LogP contribution in [0.4, 0.5) is 22.0 Å². The van der Waals surface area contributed by atoms with Gasteiger partial charge in [0.1, 0.15) is 17.1 Å². The lowest BCUT2D eigenvalue weighted by molar-refractivity contribution is -0.142. The van der Waals surface area contributed by atoms with E-state index >= 15 is 0 Å². The lowest BCUT2D eigenvalue weighted by Gasteiger charge is -2.36. The third kappa shape index (κ3) is 6.82. The Hall–Kier alpha value is -5.19. The average molecular weight is 608 g/mol. The van der Waals surface area contributed by atoms with Crippen LogP contribution in [0.15, 0.2) is 67.3 Å². The highest BCUT2D eigenvalue weighted by Crippen LogP contribution is 2.35. The van der Waals surface area contributed by atoms with Gasteiger partial charge in [-0.1, -0.05) is 24.3 Å². The van der Waals surface area contributed by atoms with Gasteiger partial charge in [0.05, 0.1) is 48.5 Å². The number of H-pyrrole nitrogens is 1. The second-order valence-electron chi connectivity index (χ2n) is 12.0. The van der Waals surface area contributed by atoms with Crippen LogP contribution >= 0.6 is 0 Å². The van der Waals surface area contributed by atoms with E-state index in [2.05, 4.69) is 36.2 Å². The molecule has 0 aliphatic carbocycles. The third-order valence-corrected chi connectivity index (χ3v) is 7.59. The number of carbonyl (C=O) groups is 2. The minimum atomic E-state index is -0.505. The summed E-state index contributed by atoms with van der Waals surface area (Å²) in [6.07, 6.45) is 7.24. The summed E-state index contributed by atoms with van der Waals surface area (Å²) in [4.78, 5) is 45.4. The van der Waals surface area contributed by atoms with Crippen LogP contribution in [0.2, 0.25) is 0 Å². The summed E-state index contributed by atoms with van der Waals surface area (Å²) in [7, 11) is 0. The van der Waals surface area contributed by atoms with Gasteiger partial charge >= 0.3 is 12.1 Å². The van der Waals surface area contributed by atoms with Crippen molar-refractivity contribution < 1.29 is 19.1 Å². The second-order valence-corrected chi connectivity index (χ2v) is 12.0. The summed E-state index contributed by atoms with van der Waals surface area (Å²) < 4.78 is 10.6. The van der Waals surface area contributed by atoms with E-state index in [1.807, 2.05) is 69.6 Å². The van der Waals surface area contributed by atoms with Crippen LogP contribution in [-0.2, 0) is 20.7 Å². The molecule has 4 aromatic heterocycles. The van der Waals surface area contributed by atoms with E-state index < -0.39 is 5.60 Å². The second kappa shape index (κ2) is 12.4. The van der Waals surface area contributed by atoms with Gasteiger partial charge in [-0.2, -0.15) is 0 Å². The van der Waals surface area contributed by atoms with Gasteiger partial charge in [-0.05, 0) is 57.0 Å². The molecule has 1 aromatic carbocycles. The molecule has 1 saturated heterocycles. The lowest BCUT2D eigenvalue weighted by atomic mass is 10.0. The van der Waals surface area contributed by atoms with Crippen molar-refractivity contribution in [2.45, 2.75) is 39.7 Å². The molecule has 1 amide bonds. The van der Waals surface area contributed by atoms with E-state index in [1.165, 1.54) is 0 Å². The molecule has 45 heavy (non-hydrogen) atoms. The number of rotatable bonds is 7. The summed E-state index contributed by atoms with van der Waals surface area (Å²) in [5.41, 5.74) is 5.80. The van der Waals surface area contributed by atoms with Gasteiger partial charge in [0.25, 0.3) is 0 Å². The number of nitrogens with one attached hydrogen (secondary N) is 2. The van der Waals surface area contributed by atoms with Crippen molar-refractivity contribution in [3.8, 4) is 11.1 Å². The SMILES string of the molecule is CCOC(=O)Cc1ccc(-c2cncc3[nH]c4ncc(Nc5ccc(N6CCN(C(=O)OC(C)(C)C)CC6)cn5)cc4c23)cc1. The van der Waals surface area contributed by atoms with E-state index in [1.54, 1.807) is 24.2 Å². The molecule has 1 aliphatic rings. The highest BCUT2D eigenvalue weighted by Gasteiger charge is 2.26. The van der Waals surface area contributed by atoms with Crippen molar-refractivity contribution in [2.24, 2.45) is 0 Å². The zero-order valence-corrected chi connectivity index (χ0v) is 26.0. The number of ether oxygens (including phenoxy) is 2. The maximum Gasteiger partial charge on any atom is 0.410 e. The Bertz CT molecular complexity index is 1820. The number of aromatic amines is 1. The first-order valence-corrected chi connectivity index (χ1v) is 15.1. The minimum absolute atomic E-state index is 0.237. The molecule has 0 unspecified atom stereocenters. The van der Waals surface area contributed by atoms with Crippen molar-refractivity contribution in [2.75, 3.05) is 43.0 Å². The number of amides is 1. The van der Waals surface area contributed by atoms with Gasteiger partial charge in [0, 0.05) is 48.7 Å². The monoisotopic (exact) mass is 607 g/mol. The van der Waals surface area contributed by atoms with Gasteiger partial charge in [0.15, 0.2) is 0 Å². The maximum atomic E-state index is 12.4. The number of nitrogens with zero attached hydrogens (tertiary/aromatic N) is 5. The summed E-state index contributed by atoms with van der Waals surface area (Å²) in [6, 6.07) is 13.9. The number of piperazine rings is 1. The molecule has 0 spiro atoms. The fourth-order valence-corrected chi connectivity index (χ4v) is 5.46. The van der Waals surface area contributed by atoms with Crippen LogP contribution in [0.25, 0.3) is 33.1 Å². The highest BCUT2D eigenvalue weighted by atomic mass is 16.6. The van der Waals surface area contributed by atoms with Gasteiger partial charge in [-0.3, -0.25) is 9.78 Å². The minimum Gasteiger partial charge on any atom is -0.466 e. The first-order valence-electron chi connectivity index (χ1n) is 15.1. The summed E-state index contributed by atoms with van der Waals surface area (Å²) in [5.74, 6) is 0.463. The Labute approximate surface area is 261 Å². The topological polar surface area (TPSA) is 126 Å². The smallest absolute Gasteiger partial charge is 0.410 e. The Morgan fingerprint density at radius 1 is 0.956 bits per heavy atom. The number of esters is 1. The van der Waals surface area contributed by atoms with Crippen molar-refractivity contribution in [3.63, 3.8) is 0 Å². The predicted octanol–water partition coefficient (Wildman–Crippen LogP) is 6.08. The van der Waals surface area contributed by atoms with Gasteiger partial charge in [-0.25, -0.2) is 14.8 Å². The number of anilines is 3. The van der Waals surface area contributed by atoms with Gasteiger partial charge in [-0.15, -0.1) is 0 Å². The van der Waals surface area contributed by atoms with Crippen LogP contribution in [0.5, 0.6) is 0 Å². The number of fused-ring (bicyclic) bond motifs is 3. The molecule has 0 atom stereocenters. The summed E-state index contributed by atoms with van der Waals surface area (Å²) in [5, 5.41) is 5.36. The Morgan fingerprint density at radius 2 is 1.73 bits per heavy atom. The quantitative estimate of drug-likeness (QED) is 0.212. The third-order valence-electron chi connectivity index (χ3n) is 7.59. The van der Waals surface area contributed by atoms with Crippen molar-refractivity contribution in [1.82, 2.24) is 24.8 Å². The molecule has 232 valence electrons. The van der Waals surface area contributed by atoms with E-state index in [0.29, 0.717) is 38.6 Å². The average Bonchev–Trinajstić information content (AvgIpc) is 3.39. The first kappa shape index (κ1) is 29.9. The van der Waals surface area contributed by atoms with Crippen LogP contribution in [0.3, 0.4) is 0 Å². The Kier molecular flexibility index (Phi) is 8.25. The van der Waals surface area contributed by atoms with E-state index in [-0.39, 0.29) is 18.5 Å². The molecule has 5 heterocycles. The number of aromatic nitrogens is 4. The van der Waals surface area contributed by atoms with Crippen molar-refractivity contribution >= 4 is 51.2 Å². The standard InChI is InChI=1S/C34H37N7O4/c1-5-44-30(42)16-22-6-8-23(9-7-22)27-20-35-21-28-31(27)26-17-24(18-37-32(26)39-28)38-29-11-10-25(19-36-29)40-12-14-41(15-13-40)33(43)45-34(2,3)4/h6-11,17-21H,5,12-16H2,1-4H3,(H,36,38)(H,37,39). The van der Waals surface area contributed by atoms with Crippen LogP contribution in [-0.4, -0.2) is 75.3 Å². The molecule has 0 bridgehead atoms. The molecule has 1 fully saturated rings. The number of benzene rings is 1. The molecule has 0 radical (unpaired) electrons. The number of carbonyl (C=O) groups excluding carboxylic acids is 2. The van der Waals surface area contributed by atoms with Crippen LogP contribution < -0.4 is 10.2 Å². The predicted molar refractivity (Wildman–Crippen MR) is 175 cm³/mol. The normalized spacial score (nSPS) is 13.7. The van der Waals surface area contributed by atoms with E-state index in [0.717, 1.165) is 50.0 Å². The molecule has 5 aromatic rings. The Morgan fingerprint density at radius 3 is 2.42 bits per heavy atom. The maximum absolute atomic E-state index is 12.4. The molecule has 2 N–H and O–H groups in total. The van der Waals surface area contributed by atoms with Gasteiger partial charge in [0.2, 0.25) is 0 Å². The molecule has 0 saturated carbocycles. The van der Waals surface area contributed by atoms with Crippen molar-refractivity contribution in [3.05, 3.63) is 72.8 Å². The van der Waals surface area contributed by atoms with E-state index in [4.69, 9.17) is 9.47 Å². The zero-order valence-electron chi connectivity index (χ0n) is 26.0. The number of hydrogen-bond donors (Lipinski definition) is 2. The number of hydrogen-bond acceptors (Lipinski definition) is 9. The largest absolute Gasteiger partial charge is 0.466 e. The first-order chi connectivity index (χ1) is 21.7. The molecule has 6 rings (SSSR count). The van der Waals surface area contributed by atoms with Gasteiger partial charge < -0.3 is 29.6 Å². The molecule has 1 aliphatic heterocycles. The van der Waals surface area contributed by atoms with Crippen molar-refractivity contribution in [1.29, 1.82) is 0 Å². The zero-order chi connectivity index (χ0) is 31.6. The summed E-state index contributed by atoms with van der Waals surface area (Å²) >= 11 is 0. The van der Waals surface area contributed by atoms with E-state index in [9.17, 15) is 9.59 Å². The summed E-state index contributed by atoms with van der Waals surface area (Å²) in [6.45, 7) is 10.4. The molecular formula is C34H37N7O4.